The molecule has 1 heterocycles. The molecule has 82 valence electrons. The molecule has 1 aliphatic heterocycles. The van der Waals surface area contributed by atoms with Gasteiger partial charge in [0.15, 0.2) is 0 Å². The summed E-state index contributed by atoms with van der Waals surface area (Å²) in [6, 6.07) is 10.8. The molecule has 1 aliphatic rings. The molecule has 1 aromatic rings. The van der Waals surface area contributed by atoms with E-state index in [-0.39, 0.29) is 0 Å². The number of halogens is 1. The summed E-state index contributed by atoms with van der Waals surface area (Å²) in [5, 5.41) is 0. The van der Waals surface area contributed by atoms with Crippen molar-refractivity contribution in [3.05, 3.63) is 35.9 Å². The molecular formula is C13H18IN. The molecule has 0 bridgehead atoms. The minimum atomic E-state index is 0.829. The summed E-state index contributed by atoms with van der Waals surface area (Å²) in [6.45, 7) is 5.99. The summed E-state index contributed by atoms with van der Waals surface area (Å²) in [5.74, 6) is 0.851. The SMILES string of the molecule is C[C@@H]1C[C@H](I)CN(Cc2ccccc2)C1. The lowest BCUT2D eigenvalue weighted by atomic mass is 10.00. The highest BCUT2D eigenvalue weighted by Gasteiger charge is 2.22. The second-order valence-corrected chi connectivity index (χ2v) is 6.38. The first-order valence-corrected chi connectivity index (χ1v) is 6.89. The predicted octanol–water partition coefficient (Wildman–Crippen LogP) is 3.33. The molecular weight excluding hydrogens is 297 g/mol. The highest BCUT2D eigenvalue weighted by Crippen LogP contribution is 2.23. The van der Waals surface area contributed by atoms with Crippen molar-refractivity contribution >= 4 is 22.6 Å². The van der Waals surface area contributed by atoms with Gasteiger partial charge in [-0.2, -0.15) is 0 Å². The molecule has 15 heavy (non-hydrogen) atoms. The normalized spacial score (nSPS) is 27.9. The zero-order valence-corrected chi connectivity index (χ0v) is 11.4. The average Bonchev–Trinajstić information content (AvgIpc) is 2.17. The molecule has 1 fully saturated rings. The van der Waals surface area contributed by atoms with Gasteiger partial charge in [-0.3, -0.25) is 4.90 Å². The molecule has 1 saturated heterocycles. The third-order valence-corrected chi connectivity index (χ3v) is 3.84. The van der Waals surface area contributed by atoms with Crippen LogP contribution in [0.2, 0.25) is 0 Å². The van der Waals surface area contributed by atoms with Gasteiger partial charge >= 0.3 is 0 Å². The number of hydrogen-bond acceptors (Lipinski definition) is 1. The molecule has 2 atom stereocenters. The monoisotopic (exact) mass is 315 g/mol. The van der Waals surface area contributed by atoms with E-state index in [1.54, 1.807) is 0 Å². The quantitative estimate of drug-likeness (QED) is 0.598. The molecule has 0 aliphatic carbocycles. The van der Waals surface area contributed by atoms with Crippen LogP contribution in [-0.4, -0.2) is 21.9 Å². The van der Waals surface area contributed by atoms with Crippen molar-refractivity contribution < 1.29 is 0 Å². The van der Waals surface area contributed by atoms with Gasteiger partial charge < -0.3 is 0 Å². The topological polar surface area (TPSA) is 3.24 Å². The Kier molecular flexibility index (Phi) is 4.03. The molecule has 0 unspecified atom stereocenters. The van der Waals surface area contributed by atoms with Gasteiger partial charge in [-0.15, -0.1) is 0 Å². The summed E-state index contributed by atoms with van der Waals surface area (Å²) in [5.41, 5.74) is 1.44. The van der Waals surface area contributed by atoms with E-state index >= 15 is 0 Å². The number of alkyl halides is 1. The lowest BCUT2D eigenvalue weighted by Crippen LogP contribution is -2.39. The third-order valence-electron chi connectivity index (χ3n) is 2.93. The van der Waals surface area contributed by atoms with Crippen LogP contribution in [0.5, 0.6) is 0 Å². The molecule has 0 spiro atoms. The lowest BCUT2D eigenvalue weighted by molar-refractivity contribution is 0.186. The minimum Gasteiger partial charge on any atom is -0.298 e. The number of nitrogens with zero attached hydrogens (tertiary/aromatic N) is 1. The van der Waals surface area contributed by atoms with Gasteiger partial charge in [-0.1, -0.05) is 59.8 Å². The summed E-state index contributed by atoms with van der Waals surface area (Å²) in [7, 11) is 0. The van der Waals surface area contributed by atoms with Crippen LogP contribution >= 0.6 is 22.6 Å². The van der Waals surface area contributed by atoms with Gasteiger partial charge in [0, 0.05) is 23.6 Å². The number of benzene rings is 1. The van der Waals surface area contributed by atoms with E-state index < -0.39 is 0 Å². The number of likely N-dealkylation sites (tertiary alicyclic amines) is 1. The van der Waals surface area contributed by atoms with E-state index in [0.717, 1.165) is 16.4 Å². The van der Waals surface area contributed by atoms with Crippen LogP contribution < -0.4 is 0 Å². The Morgan fingerprint density at radius 3 is 2.67 bits per heavy atom. The van der Waals surface area contributed by atoms with Crippen LogP contribution in [0.4, 0.5) is 0 Å². The summed E-state index contributed by atoms with van der Waals surface area (Å²) < 4.78 is 0.829. The molecule has 0 aromatic heterocycles. The zero-order valence-electron chi connectivity index (χ0n) is 9.20. The van der Waals surface area contributed by atoms with Crippen molar-refractivity contribution in [3.8, 4) is 0 Å². The van der Waals surface area contributed by atoms with Crippen LogP contribution in [0.15, 0.2) is 30.3 Å². The maximum atomic E-state index is 2.59. The number of rotatable bonds is 2. The van der Waals surface area contributed by atoms with Gasteiger partial charge in [0.05, 0.1) is 0 Å². The number of hydrogen-bond donors (Lipinski definition) is 0. The largest absolute Gasteiger partial charge is 0.298 e. The first kappa shape index (κ1) is 11.4. The molecule has 0 N–H and O–H groups in total. The summed E-state index contributed by atoms with van der Waals surface area (Å²) in [4.78, 5) is 2.58. The Bertz CT molecular complexity index is 289. The highest BCUT2D eigenvalue weighted by atomic mass is 127. The smallest absolute Gasteiger partial charge is 0.0240 e. The van der Waals surface area contributed by atoms with Crippen molar-refractivity contribution in [1.82, 2.24) is 4.90 Å². The van der Waals surface area contributed by atoms with Crippen molar-refractivity contribution in [2.24, 2.45) is 5.92 Å². The van der Waals surface area contributed by atoms with E-state index in [1.165, 1.54) is 25.1 Å². The molecule has 0 amide bonds. The van der Waals surface area contributed by atoms with Crippen molar-refractivity contribution in [1.29, 1.82) is 0 Å². The van der Waals surface area contributed by atoms with Crippen molar-refractivity contribution in [2.75, 3.05) is 13.1 Å². The summed E-state index contributed by atoms with van der Waals surface area (Å²) in [6.07, 6.45) is 1.38. The Balaban J connectivity index is 1.94. The van der Waals surface area contributed by atoms with E-state index in [2.05, 4.69) is 64.7 Å². The van der Waals surface area contributed by atoms with Crippen LogP contribution in [-0.2, 0) is 6.54 Å². The van der Waals surface area contributed by atoms with Crippen molar-refractivity contribution in [2.45, 2.75) is 23.8 Å². The van der Waals surface area contributed by atoms with E-state index in [4.69, 9.17) is 0 Å². The van der Waals surface area contributed by atoms with Crippen molar-refractivity contribution in [3.63, 3.8) is 0 Å². The van der Waals surface area contributed by atoms with Crippen LogP contribution in [0.3, 0.4) is 0 Å². The second kappa shape index (κ2) is 5.30. The van der Waals surface area contributed by atoms with Crippen LogP contribution in [0.1, 0.15) is 18.9 Å². The molecule has 2 heteroatoms. The fourth-order valence-corrected chi connectivity index (χ4v) is 3.78. The molecule has 1 aromatic carbocycles. The Hall–Kier alpha value is -0.0900. The Labute approximate surface area is 106 Å². The zero-order chi connectivity index (χ0) is 10.7. The minimum absolute atomic E-state index is 0.829. The maximum Gasteiger partial charge on any atom is 0.0240 e. The molecule has 0 radical (unpaired) electrons. The maximum absolute atomic E-state index is 2.59. The number of piperidine rings is 1. The fourth-order valence-electron chi connectivity index (χ4n) is 2.35. The Morgan fingerprint density at radius 2 is 2.00 bits per heavy atom. The summed E-state index contributed by atoms with van der Waals surface area (Å²) >= 11 is 2.59. The van der Waals surface area contributed by atoms with Gasteiger partial charge in [0.2, 0.25) is 0 Å². The van der Waals surface area contributed by atoms with E-state index in [1.807, 2.05) is 0 Å². The van der Waals surface area contributed by atoms with Crippen LogP contribution in [0.25, 0.3) is 0 Å². The standard InChI is InChI=1S/C13H18IN/c1-11-7-13(14)10-15(8-11)9-12-5-3-2-4-6-12/h2-6,11,13H,7-10H2,1H3/t11-,13+/m1/s1. The van der Waals surface area contributed by atoms with Gasteiger partial charge in [0.1, 0.15) is 0 Å². The van der Waals surface area contributed by atoms with E-state index in [9.17, 15) is 0 Å². The fraction of sp³-hybridized carbons (Fsp3) is 0.538. The van der Waals surface area contributed by atoms with Gasteiger partial charge in [0.25, 0.3) is 0 Å². The molecule has 0 saturated carbocycles. The van der Waals surface area contributed by atoms with E-state index in [0.29, 0.717) is 0 Å². The predicted molar refractivity (Wildman–Crippen MR) is 73.3 cm³/mol. The van der Waals surface area contributed by atoms with Gasteiger partial charge in [-0.25, -0.2) is 0 Å². The van der Waals surface area contributed by atoms with Gasteiger partial charge in [-0.05, 0) is 17.9 Å². The first-order valence-electron chi connectivity index (χ1n) is 5.64. The molecule has 2 rings (SSSR count). The second-order valence-electron chi connectivity index (χ2n) is 4.62. The first-order chi connectivity index (χ1) is 7.24. The molecule has 1 nitrogen and oxygen atoms in total. The highest BCUT2D eigenvalue weighted by molar-refractivity contribution is 14.1. The van der Waals surface area contributed by atoms with Crippen LogP contribution in [0, 0.1) is 5.92 Å². The Morgan fingerprint density at radius 1 is 1.27 bits per heavy atom. The third kappa shape index (κ3) is 3.45. The lowest BCUT2D eigenvalue weighted by Gasteiger charge is -2.34. The average molecular weight is 315 g/mol.